The van der Waals surface area contributed by atoms with Crippen molar-refractivity contribution in [1.82, 2.24) is 0 Å². The molecule has 0 aromatic heterocycles. The van der Waals surface area contributed by atoms with Gasteiger partial charge in [0.1, 0.15) is 11.7 Å². The average Bonchev–Trinajstić information content (AvgIpc) is 2.87. The molecule has 0 aliphatic heterocycles. The highest BCUT2D eigenvalue weighted by Crippen LogP contribution is 2.67. The molecule has 0 bridgehead atoms. The Labute approximate surface area is 162 Å². The number of esters is 1. The third-order valence-corrected chi connectivity index (χ3v) is 9.13. The van der Waals surface area contributed by atoms with Crippen LogP contribution in [-0.4, -0.2) is 28.6 Å². The Kier molecular flexibility index (Phi) is 4.38. The van der Waals surface area contributed by atoms with Crippen LogP contribution in [0, 0.1) is 28.6 Å². The smallest absolute Gasteiger partial charge is 0.302 e. The van der Waals surface area contributed by atoms with Gasteiger partial charge in [-0.15, -0.1) is 0 Å². The Bertz CT molecular complexity index is 696. The molecule has 3 saturated carbocycles. The third-order valence-electron chi connectivity index (χ3n) is 9.13. The Morgan fingerprint density at radius 3 is 2.44 bits per heavy atom. The van der Waals surface area contributed by atoms with E-state index in [4.69, 9.17) is 4.74 Å². The van der Waals surface area contributed by atoms with E-state index in [2.05, 4.69) is 19.9 Å². The maximum Gasteiger partial charge on any atom is 0.302 e. The van der Waals surface area contributed by atoms with Crippen LogP contribution in [0.5, 0.6) is 0 Å². The van der Waals surface area contributed by atoms with Gasteiger partial charge >= 0.3 is 5.97 Å². The number of carbonyl (C=O) groups is 2. The van der Waals surface area contributed by atoms with Gasteiger partial charge in [0.05, 0.1) is 0 Å². The molecule has 4 nitrogen and oxygen atoms in total. The van der Waals surface area contributed by atoms with Gasteiger partial charge in [0, 0.05) is 18.8 Å². The molecule has 0 aromatic rings. The first-order chi connectivity index (χ1) is 12.6. The molecular weight excluding hydrogens is 340 g/mol. The van der Waals surface area contributed by atoms with Gasteiger partial charge in [0.25, 0.3) is 0 Å². The van der Waals surface area contributed by atoms with Crippen LogP contribution in [0.15, 0.2) is 11.6 Å². The maximum absolute atomic E-state index is 12.3. The molecule has 0 radical (unpaired) electrons. The van der Waals surface area contributed by atoms with E-state index >= 15 is 0 Å². The van der Waals surface area contributed by atoms with Crippen molar-refractivity contribution >= 4 is 11.8 Å². The molecule has 4 heteroatoms. The first-order valence-corrected chi connectivity index (χ1v) is 10.7. The van der Waals surface area contributed by atoms with Gasteiger partial charge in [-0.25, -0.2) is 0 Å². The second-order valence-electron chi connectivity index (χ2n) is 10.1. The van der Waals surface area contributed by atoms with E-state index in [9.17, 15) is 14.7 Å². The minimum Gasteiger partial charge on any atom is -0.462 e. The molecule has 0 saturated heterocycles. The number of Topliss-reactive ketones (excluding diaryl/α,β-unsaturated/α-hetero) is 1. The fourth-order valence-electron chi connectivity index (χ4n) is 7.56. The Morgan fingerprint density at radius 2 is 1.78 bits per heavy atom. The van der Waals surface area contributed by atoms with Gasteiger partial charge < -0.3 is 9.84 Å². The van der Waals surface area contributed by atoms with Crippen LogP contribution >= 0.6 is 0 Å². The highest BCUT2D eigenvalue weighted by molar-refractivity contribution is 5.86. The van der Waals surface area contributed by atoms with Gasteiger partial charge in [0.15, 0.2) is 5.78 Å². The monoisotopic (exact) mass is 374 g/mol. The number of aliphatic hydroxyl groups is 1. The number of hydrogen-bond acceptors (Lipinski definition) is 4. The summed E-state index contributed by atoms with van der Waals surface area (Å²) in [6.45, 7) is 7.64. The fraction of sp³-hybridized carbons (Fsp3) is 0.826. The molecule has 0 unspecified atom stereocenters. The minimum atomic E-state index is -1.14. The van der Waals surface area contributed by atoms with E-state index in [-0.39, 0.29) is 28.7 Å². The van der Waals surface area contributed by atoms with E-state index in [0.717, 1.165) is 44.9 Å². The lowest BCUT2D eigenvalue weighted by Crippen LogP contribution is -2.57. The largest absolute Gasteiger partial charge is 0.462 e. The number of carbonyl (C=O) groups excluding carboxylic acids is 2. The molecule has 0 amide bonds. The van der Waals surface area contributed by atoms with Gasteiger partial charge in [-0.1, -0.05) is 25.5 Å². The highest BCUT2D eigenvalue weighted by Gasteiger charge is 2.65. The summed E-state index contributed by atoms with van der Waals surface area (Å²) in [6, 6.07) is 0. The molecule has 0 spiro atoms. The predicted molar refractivity (Wildman–Crippen MR) is 103 cm³/mol. The molecule has 27 heavy (non-hydrogen) atoms. The molecule has 150 valence electrons. The number of rotatable bonds is 2. The average molecular weight is 375 g/mol. The summed E-state index contributed by atoms with van der Waals surface area (Å²) < 4.78 is 5.51. The zero-order valence-corrected chi connectivity index (χ0v) is 17.2. The zero-order valence-electron chi connectivity index (χ0n) is 17.2. The normalized spacial score (nSPS) is 48.7. The van der Waals surface area contributed by atoms with Crippen LogP contribution in [0.25, 0.3) is 0 Å². The van der Waals surface area contributed by atoms with E-state index in [0.29, 0.717) is 24.2 Å². The van der Waals surface area contributed by atoms with Gasteiger partial charge in [0.2, 0.25) is 0 Å². The van der Waals surface area contributed by atoms with Crippen molar-refractivity contribution in [2.75, 3.05) is 0 Å². The summed E-state index contributed by atoms with van der Waals surface area (Å²) in [5.41, 5.74) is 0.235. The quantitative estimate of drug-likeness (QED) is 0.581. The Morgan fingerprint density at radius 1 is 1.07 bits per heavy atom. The van der Waals surface area contributed by atoms with Crippen LogP contribution in [0.2, 0.25) is 0 Å². The van der Waals surface area contributed by atoms with Crippen LogP contribution < -0.4 is 0 Å². The number of ether oxygens (including phenoxy) is 1. The molecule has 4 rings (SSSR count). The number of allylic oxidation sites excluding steroid dienone is 1. The summed E-state index contributed by atoms with van der Waals surface area (Å²) >= 11 is 0. The van der Waals surface area contributed by atoms with Gasteiger partial charge in [-0.2, -0.15) is 0 Å². The van der Waals surface area contributed by atoms with Crippen molar-refractivity contribution in [2.24, 2.45) is 28.6 Å². The van der Waals surface area contributed by atoms with E-state index in [1.54, 1.807) is 6.92 Å². The van der Waals surface area contributed by atoms with E-state index in [1.807, 2.05) is 0 Å². The van der Waals surface area contributed by atoms with Crippen LogP contribution in [-0.2, 0) is 14.3 Å². The number of ketones is 1. The maximum atomic E-state index is 12.3. The first-order valence-electron chi connectivity index (χ1n) is 10.7. The van der Waals surface area contributed by atoms with Crippen molar-refractivity contribution < 1.29 is 19.4 Å². The van der Waals surface area contributed by atoms with Crippen molar-refractivity contribution in [1.29, 1.82) is 0 Å². The standard InChI is InChI=1S/C23H34O4/c1-14(24)23(26)12-9-20-18-6-5-16-13-17(27-15(2)25)7-10-21(16,3)19(18)8-11-22(20,23)4/h5,17-20,26H,6-13H2,1-4H3/t17-,18+,19+,20-,21+,22+,23+/m1/s1. The van der Waals surface area contributed by atoms with E-state index < -0.39 is 5.60 Å². The summed E-state index contributed by atoms with van der Waals surface area (Å²) in [7, 11) is 0. The van der Waals surface area contributed by atoms with Crippen LogP contribution in [0.4, 0.5) is 0 Å². The highest BCUT2D eigenvalue weighted by atomic mass is 16.5. The number of fused-ring (bicyclic) bond motifs is 5. The van der Waals surface area contributed by atoms with Gasteiger partial charge in [-0.05, 0) is 75.0 Å². The molecule has 4 aliphatic carbocycles. The van der Waals surface area contributed by atoms with E-state index in [1.165, 1.54) is 12.5 Å². The van der Waals surface area contributed by atoms with Crippen LogP contribution in [0.1, 0.15) is 79.1 Å². The third kappa shape index (κ3) is 2.58. The van der Waals surface area contributed by atoms with Crippen molar-refractivity contribution in [3.05, 3.63) is 11.6 Å². The van der Waals surface area contributed by atoms with Crippen molar-refractivity contribution in [3.63, 3.8) is 0 Å². The summed E-state index contributed by atoms with van der Waals surface area (Å²) in [6.07, 6.45) is 9.96. The molecule has 4 aliphatic rings. The summed E-state index contributed by atoms with van der Waals surface area (Å²) in [4.78, 5) is 23.7. The predicted octanol–water partition coefficient (Wildman–Crippen LogP) is 4.20. The SMILES string of the molecule is CC(=O)O[C@@H]1CC[C@@]2(C)C(=CC[C@@H]3[C@H]4CC[C@](O)(C(C)=O)[C@@]4(C)CC[C@@H]32)C1. The minimum absolute atomic E-state index is 0.0292. The Hall–Kier alpha value is -1.16. The molecule has 0 heterocycles. The first kappa shape index (κ1) is 19.2. The summed E-state index contributed by atoms with van der Waals surface area (Å²) in [5.74, 6) is 1.36. The second-order valence-corrected chi connectivity index (χ2v) is 10.1. The zero-order chi connectivity index (χ0) is 19.6. The summed E-state index contributed by atoms with van der Waals surface area (Å²) in [5, 5.41) is 11.2. The topological polar surface area (TPSA) is 63.6 Å². The van der Waals surface area contributed by atoms with Crippen molar-refractivity contribution in [2.45, 2.75) is 90.8 Å². The molecule has 0 aromatic carbocycles. The van der Waals surface area contributed by atoms with Crippen LogP contribution in [0.3, 0.4) is 0 Å². The molecule has 1 N–H and O–H groups in total. The molecule has 7 atom stereocenters. The number of hydrogen-bond donors (Lipinski definition) is 1. The van der Waals surface area contributed by atoms with Gasteiger partial charge in [-0.3, -0.25) is 9.59 Å². The molecular formula is C23H34O4. The Balaban J connectivity index is 1.61. The van der Waals surface area contributed by atoms with Crippen molar-refractivity contribution in [3.8, 4) is 0 Å². The second kappa shape index (κ2) is 6.17. The fourth-order valence-corrected chi connectivity index (χ4v) is 7.56. The lowest BCUT2D eigenvalue weighted by atomic mass is 9.47. The molecule has 3 fully saturated rings. The lowest BCUT2D eigenvalue weighted by molar-refractivity contribution is -0.160. The lowest BCUT2D eigenvalue weighted by Gasteiger charge is -2.58.